The second kappa shape index (κ2) is 3.96. The van der Waals surface area contributed by atoms with E-state index in [1.54, 1.807) is 0 Å². The Hall–Kier alpha value is -1.68. The first-order chi connectivity index (χ1) is 8.24. The van der Waals surface area contributed by atoms with Crippen molar-refractivity contribution in [3.63, 3.8) is 0 Å². The average Bonchev–Trinajstić information content (AvgIpc) is 2.74. The minimum atomic E-state index is 0.197. The van der Waals surface area contributed by atoms with Gasteiger partial charge >= 0.3 is 0 Å². The van der Waals surface area contributed by atoms with Gasteiger partial charge < -0.3 is 5.73 Å². The summed E-state index contributed by atoms with van der Waals surface area (Å²) in [7, 11) is 0. The third-order valence-electron chi connectivity index (χ3n) is 3.24. The highest BCUT2D eigenvalue weighted by atomic mass is 15.4. The molecule has 4 nitrogen and oxygen atoms in total. The molecule has 0 spiro atoms. The van der Waals surface area contributed by atoms with Crippen molar-refractivity contribution in [2.75, 3.05) is 0 Å². The molecule has 17 heavy (non-hydrogen) atoms. The van der Waals surface area contributed by atoms with Crippen molar-refractivity contribution >= 4 is 0 Å². The highest BCUT2D eigenvalue weighted by Crippen LogP contribution is 2.26. The maximum absolute atomic E-state index is 6.00. The average molecular weight is 228 g/mol. The highest BCUT2D eigenvalue weighted by molar-refractivity contribution is 5.54. The number of nitrogens with two attached hydrogens (primary N) is 1. The molecule has 2 unspecified atom stereocenters. The van der Waals surface area contributed by atoms with Crippen molar-refractivity contribution in [3.8, 4) is 11.4 Å². The van der Waals surface area contributed by atoms with Gasteiger partial charge in [-0.1, -0.05) is 37.3 Å². The zero-order valence-electron chi connectivity index (χ0n) is 9.87. The van der Waals surface area contributed by atoms with Crippen LogP contribution in [-0.4, -0.2) is 20.8 Å². The van der Waals surface area contributed by atoms with E-state index in [1.807, 2.05) is 35.0 Å². The molecular formula is C13H16N4. The zero-order valence-corrected chi connectivity index (χ0v) is 9.87. The van der Waals surface area contributed by atoms with Crippen LogP contribution in [0.25, 0.3) is 11.4 Å². The molecule has 3 rings (SSSR count). The van der Waals surface area contributed by atoms with E-state index < -0.39 is 0 Å². The van der Waals surface area contributed by atoms with Crippen molar-refractivity contribution in [1.29, 1.82) is 0 Å². The van der Waals surface area contributed by atoms with Gasteiger partial charge in [-0.3, -0.25) is 0 Å². The predicted octanol–water partition coefficient (Wildman–Crippen LogP) is 1.78. The van der Waals surface area contributed by atoms with Crippen LogP contribution in [0.5, 0.6) is 0 Å². The van der Waals surface area contributed by atoms with Crippen molar-refractivity contribution in [2.24, 2.45) is 5.73 Å². The van der Waals surface area contributed by atoms with Crippen molar-refractivity contribution in [1.82, 2.24) is 14.8 Å². The lowest BCUT2D eigenvalue weighted by Gasteiger charge is -2.23. The maximum Gasteiger partial charge on any atom is 0.181 e. The Balaban J connectivity index is 2.03. The molecule has 88 valence electrons. The SMILES string of the molecule is CC1CC(N)Cn2nc(-c3ccccc3)nc21. The van der Waals surface area contributed by atoms with E-state index >= 15 is 0 Å². The maximum atomic E-state index is 6.00. The molecule has 0 fully saturated rings. The quantitative estimate of drug-likeness (QED) is 0.809. The number of rotatable bonds is 1. The standard InChI is InChI=1S/C13H16N4/c1-9-7-11(14)8-17-13(9)15-12(16-17)10-5-3-2-4-6-10/h2-6,9,11H,7-8,14H2,1H3. The summed E-state index contributed by atoms with van der Waals surface area (Å²) in [4.78, 5) is 4.63. The van der Waals surface area contributed by atoms with Crippen LogP contribution in [0.3, 0.4) is 0 Å². The highest BCUT2D eigenvalue weighted by Gasteiger charge is 2.25. The molecular weight excluding hydrogens is 212 g/mol. The van der Waals surface area contributed by atoms with Crippen LogP contribution >= 0.6 is 0 Å². The Morgan fingerprint density at radius 2 is 2.06 bits per heavy atom. The molecule has 2 aromatic rings. The summed E-state index contributed by atoms with van der Waals surface area (Å²) in [5.41, 5.74) is 7.06. The first-order valence-electron chi connectivity index (χ1n) is 6.00. The summed E-state index contributed by atoms with van der Waals surface area (Å²) in [6, 6.07) is 10.3. The molecule has 2 N–H and O–H groups in total. The Morgan fingerprint density at radius 1 is 1.29 bits per heavy atom. The first-order valence-corrected chi connectivity index (χ1v) is 6.00. The lowest BCUT2D eigenvalue weighted by atomic mass is 9.98. The molecule has 0 radical (unpaired) electrons. The minimum Gasteiger partial charge on any atom is -0.326 e. The molecule has 1 aromatic carbocycles. The van der Waals surface area contributed by atoms with E-state index in [4.69, 9.17) is 5.73 Å². The van der Waals surface area contributed by atoms with Gasteiger partial charge in [-0.15, -0.1) is 0 Å². The van der Waals surface area contributed by atoms with Crippen molar-refractivity contribution < 1.29 is 0 Å². The van der Waals surface area contributed by atoms with Crippen LogP contribution in [0.2, 0.25) is 0 Å². The topological polar surface area (TPSA) is 56.7 Å². The first kappa shape index (κ1) is 10.5. The van der Waals surface area contributed by atoms with Gasteiger partial charge in [0.15, 0.2) is 5.82 Å². The molecule has 1 aromatic heterocycles. The van der Waals surface area contributed by atoms with E-state index in [9.17, 15) is 0 Å². The van der Waals surface area contributed by atoms with Gasteiger partial charge in [-0.2, -0.15) is 5.10 Å². The molecule has 0 bridgehead atoms. The van der Waals surface area contributed by atoms with Gasteiger partial charge in [-0.25, -0.2) is 9.67 Å². The Kier molecular flexibility index (Phi) is 2.44. The Labute approximate surface area is 100 Å². The molecule has 0 saturated heterocycles. The summed E-state index contributed by atoms with van der Waals surface area (Å²) in [5.74, 6) is 2.26. The van der Waals surface area contributed by atoms with Crippen LogP contribution in [0.1, 0.15) is 25.1 Å². The molecule has 1 aliphatic rings. The van der Waals surface area contributed by atoms with Gasteiger partial charge in [0.25, 0.3) is 0 Å². The molecule has 0 saturated carbocycles. The lowest BCUT2D eigenvalue weighted by Crippen LogP contribution is -2.34. The number of benzene rings is 1. The second-order valence-electron chi connectivity index (χ2n) is 4.74. The smallest absolute Gasteiger partial charge is 0.181 e. The molecule has 0 aliphatic carbocycles. The van der Waals surface area contributed by atoms with Gasteiger partial charge in [0, 0.05) is 17.5 Å². The summed E-state index contributed by atoms with van der Waals surface area (Å²) in [6.45, 7) is 2.94. The van der Waals surface area contributed by atoms with E-state index in [0.717, 1.165) is 30.2 Å². The van der Waals surface area contributed by atoms with Crippen LogP contribution in [0.4, 0.5) is 0 Å². The van der Waals surface area contributed by atoms with Gasteiger partial charge in [0.1, 0.15) is 5.82 Å². The minimum absolute atomic E-state index is 0.197. The van der Waals surface area contributed by atoms with Crippen LogP contribution in [0, 0.1) is 0 Å². The fourth-order valence-corrected chi connectivity index (χ4v) is 2.42. The van der Waals surface area contributed by atoms with E-state index in [1.165, 1.54) is 0 Å². The van der Waals surface area contributed by atoms with Crippen LogP contribution in [0.15, 0.2) is 30.3 Å². The predicted molar refractivity (Wildman–Crippen MR) is 66.5 cm³/mol. The van der Waals surface area contributed by atoms with Crippen LogP contribution in [-0.2, 0) is 6.54 Å². The molecule has 2 atom stereocenters. The van der Waals surface area contributed by atoms with E-state index in [0.29, 0.717) is 5.92 Å². The van der Waals surface area contributed by atoms with Crippen molar-refractivity contribution in [3.05, 3.63) is 36.2 Å². The van der Waals surface area contributed by atoms with E-state index in [2.05, 4.69) is 17.0 Å². The third-order valence-corrected chi connectivity index (χ3v) is 3.24. The van der Waals surface area contributed by atoms with Crippen molar-refractivity contribution in [2.45, 2.75) is 31.8 Å². The Bertz CT molecular complexity index is 517. The number of nitrogens with zero attached hydrogens (tertiary/aromatic N) is 3. The lowest BCUT2D eigenvalue weighted by molar-refractivity contribution is 0.382. The molecule has 0 amide bonds. The van der Waals surface area contributed by atoms with Gasteiger partial charge in [0.2, 0.25) is 0 Å². The van der Waals surface area contributed by atoms with Crippen LogP contribution < -0.4 is 5.73 Å². The molecule has 1 aliphatic heterocycles. The molecule has 2 heterocycles. The number of hydrogen-bond acceptors (Lipinski definition) is 3. The fraction of sp³-hybridized carbons (Fsp3) is 0.385. The largest absolute Gasteiger partial charge is 0.326 e. The zero-order chi connectivity index (χ0) is 11.8. The normalized spacial score (nSPS) is 23.4. The monoisotopic (exact) mass is 228 g/mol. The summed E-state index contributed by atoms with van der Waals surface area (Å²) in [5, 5.41) is 4.55. The third kappa shape index (κ3) is 1.85. The summed E-state index contributed by atoms with van der Waals surface area (Å²) < 4.78 is 1.96. The summed E-state index contributed by atoms with van der Waals surface area (Å²) >= 11 is 0. The Morgan fingerprint density at radius 3 is 2.82 bits per heavy atom. The van der Waals surface area contributed by atoms with Gasteiger partial charge in [0.05, 0.1) is 6.54 Å². The fourth-order valence-electron chi connectivity index (χ4n) is 2.42. The number of hydrogen-bond donors (Lipinski definition) is 1. The summed E-state index contributed by atoms with van der Waals surface area (Å²) in [6.07, 6.45) is 0.993. The number of fused-ring (bicyclic) bond motifs is 1. The van der Waals surface area contributed by atoms with Gasteiger partial charge in [-0.05, 0) is 6.42 Å². The second-order valence-corrected chi connectivity index (χ2v) is 4.74. The number of aromatic nitrogens is 3. The molecule has 4 heteroatoms. The van der Waals surface area contributed by atoms with E-state index in [-0.39, 0.29) is 6.04 Å².